The number of benzene rings is 1. The van der Waals surface area contributed by atoms with Crippen LogP contribution < -0.4 is 5.32 Å². The van der Waals surface area contributed by atoms with Crippen molar-refractivity contribution in [1.82, 2.24) is 20.0 Å². The second-order valence-electron chi connectivity index (χ2n) is 5.38. The van der Waals surface area contributed by atoms with Crippen LogP contribution >= 0.6 is 0 Å². The van der Waals surface area contributed by atoms with Gasteiger partial charge in [0.15, 0.2) is 0 Å². The van der Waals surface area contributed by atoms with Crippen molar-refractivity contribution >= 4 is 11.9 Å². The van der Waals surface area contributed by atoms with Gasteiger partial charge < -0.3 is 4.42 Å². The lowest BCUT2D eigenvalue weighted by Crippen LogP contribution is -2.14. The van der Waals surface area contributed by atoms with E-state index in [9.17, 15) is 4.79 Å². The number of aromatic nitrogens is 4. The third-order valence-corrected chi connectivity index (χ3v) is 3.26. The van der Waals surface area contributed by atoms with Gasteiger partial charge in [0.2, 0.25) is 5.91 Å². The molecule has 0 atom stereocenters. The SMILES string of the molecule is CC(C)n1nccc1-c1nnc(NC(=O)Cc2ccccc2)o1. The zero-order chi connectivity index (χ0) is 16.2. The Morgan fingerprint density at radius 2 is 2.00 bits per heavy atom. The Labute approximate surface area is 133 Å². The summed E-state index contributed by atoms with van der Waals surface area (Å²) in [6.07, 6.45) is 1.93. The summed E-state index contributed by atoms with van der Waals surface area (Å²) >= 11 is 0. The van der Waals surface area contributed by atoms with Crippen LogP contribution in [0.3, 0.4) is 0 Å². The van der Waals surface area contributed by atoms with E-state index in [4.69, 9.17) is 4.42 Å². The topological polar surface area (TPSA) is 85.8 Å². The standard InChI is InChI=1S/C16H17N5O2/c1-11(2)21-13(8-9-17-21)15-19-20-16(23-15)18-14(22)10-12-6-4-3-5-7-12/h3-9,11H,10H2,1-2H3,(H,18,20,22). The third kappa shape index (κ3) is 3.45. The highest BCUT2D eigenvalue weighted by Gasteiger charge is 2.16. The zero-order valence-corrected chi connectivity index (χ0v) is 12.9. The van der Waals surface area contributed by atoms with Gasteiger partial charge in [-0.05, 0) is 25.5 Å². The maximum atomic E-state index is 12.0. The predicted molar refractivity (Wildman–Crippen MR) is 84.7 cm³/mol. The van der Waals surface area contributed by atoms with E-state index in [-0.39, 0.29) is 24.4 Å². The van der Waals surface area contributed by atoms with Crippen LogP contribution in [0.15, 0.2) is 47.0 Å². The highest BCUT2D eigenvalue weighted by molar-refractivity contribution is 5.90. The predicted octanol–water partition coefficient (Wildman–Crippen LogP) is 2.70. The van der Waals surface area contributed by atoms with Gasteiger partial charge in [-0.3, -0.25) is 14.8 Å². The van der Waals surface area contributed by atoms with Crippen LogP contribution in [0.1, 0.15) is 25.5 Å². The number of hydrogen-bond donors (Lipinski definition) is 1. The fraction of sp³-hybridized carbons (Fsp3) is 0.250. The molecule has 0 unspecified atom stereocenters. The van der Waals surface area contributed by atoms with Gasteiger partial charge in [0.05, 0.1) is 6.42 Å². The fourth-order valence-corrected chi connectivity index (χ4v) is 2.22. The number of hydrogen-bond acceptors (Lipinski definition) is 5. The van der Waals surface area contributed by atoms with Crippen molar-refractivity contribution < 1.29 is 9.21 Å². The average Bonchev–Trinajstić information content (AvgIpc) is 3.16. The normalized spacial score (nSPS) is 10.9. The first kappa shape index (κ1) is 15.0. The van der Waals surface area contributed by atoms with Crippen LogP contribution in [-0.2, 0) is 11.2 Å². The summed E-state index contributed by atoms with van der Waals surface area (Å²) < 4.78 is 7.29. The molecule has 0 bridgehead atoms. The summed E-state index contributed by atoms with van der Waals surface area (Å²) in [7, 11) is 0. The Kier molecular flexibility index (Phi) is 4.18. The van der Waals surface area contributed by atoms with Crippen LogP contribution in [0, 0.1) is 0 Å². The van der Waals surface area contributed by atoms with Gasteiger partial charge in [0.25, 0.3) is 5.89 Å². The second kappa shape index (κ2) is 6.43. The molecule has 3 rings (SSSR count). The Morgan fingerprint density at radius 3 is 2.74 bits per heavy atom. The molecule has 0 saturated heterocycles. The average molecular weight is 311 g/mol. The lowest BCUT2D eigenvalue weighted by molar-refractivity contribution is -0.115. The number of carbonyl (C=O) groups excluding carboxylic acids is 1. The Balaban J connectivity index is 1.70. The molecule has 0 aliphatic carbocycles. The van der Waals surface area contributed by atoms with Crippen molar-refractivity contribution in [1.29, 1.82) is 0 Å². The molecule has 1 N–H and O–H groups in total. The van der Waals surface area contributed by atoms with Crippen LogP contribution in [0.2, 0.25) is 0 Å². The van der Waals surface area contributed by atoms with E-state index in [0.29, 0.717) is 5.89 Å². The number of carbonyl (C=O) groups is 1. The summed E-state index contributed by atoms with van der Waals surface area (Å²) in [6, 6.07) is 11.5. The molecule has 2 heterocycles. The number of nitrogens with one attached hydrogen (secondary N) is 1. The van der Waals surface area contributed by atoms with E-state index in [1.807, 2.05) is 44.2 Å². The molecule has 3 aromatic rings. The van der Waals surface area contributed by atoms with Gasteiger partial charge in [-0.1, -0.05) is 35.4 Å². The molecule has 0 aliphatic rings. The van der Waals surface area contributed by atoms with E-state index in [2.05, 4.69) is 20.6 Å². The molecule has 7 heteroatoms. The lowest BCUT2D eigenvalue weighted by atomic mass is 10.1. The van der Waals surface area contributed by atoms with Gasteiger partial charge in [-0.2, -0.15) is 5.10 Å². The minimum absolute atomic E-state index is 0.0810. The first-order valence-corrected chi connectivity index (χ1v) is 7.34. The lowest BCUT2D eigenvalue weighted by Gasteiger charge is -2.07. The van der Waals surface area contributed by atoms with Gasteiger partial charge >= 0.3 is 6.01 Å². The molecule has 7 nitrogen and oxygen atoms in total. The Morgan fingerprint density at radius 1 is 1.22 bits per heavy atom. The van der Waals surface area contributed by atoms with Crippen molar-refractivity contribution in [3.05, 3.63) is 48.2 Å². The number of amides is 1. The van der Waals surface area contributed by atoms with E-state index >= 15 is 0 Å². The second-order valence-corrected chi connectivity index (χ2v) is 5.38. The van der Waals surface area contributed by atoms with Gasteiger partial charge in [0, 0.05) is 12.2 Å². The number of nitrogens with zero attached hydrogens (tertiary/aromatic N) is 4. The summed E-state index contributed by atoms with van der Waals surface area (Å²) in [5.41, 5.74) is 1.64. The van der Waals surface area contributed by atoms with Gasteiger partial charge in [-0.15, -0.1) is 5.10 Å². The Hall–Kier alpha value is -2.96. The van der Waals surface area contributed by atoms with Gasteiger partial charge in [-0.25, -0.2) is 0 Å². The monoisotopic (exact) mass is 311 g/mol. The molecule has 0 aliphatic heterocycles. The third-order valence-electron chi connectivity index (χ3n) is 3.26. The molecule has 0 radical (unpaired) electrons. The number of rotatable bonds is 5. The van der Waals surface area contributed by atoms with E-state index in [1.54, 1.807) is 16.9 Å². The highest BCUT2D eigenvalue weighted by atomic mass is 16.4. The summed E-state index contributed by atoms with van der Waals surface area (Å²) in [4.78, 5) is 12.0. The largest absolute Gasteiger partial charge is 0.401 e. The minimum atomic E-state index is -0.205. The van der Waals surface area contributed by atoms with Crippen molar-refractivity contribution in [2.75, 3.05) is 5.32 Å². The van der Waals surface area contributed by atoms with Crippen LogP contribution in [0.5, 0.6) is 0 Å². The van der Waals surface area contributed by atoms with E-state index < -0.39 is 0 Å². The molecular weight excluding hydrogens is 294 g/mol. The molecule has 118 valence electrons. The van der Waals surface area contributed by atoms with Crippen molar-refractivity contribution in [2.24, 2.45) is 0 Å². The molecule has 0 saturated carbocycles. The highest BCUT2D eigenvalue weighted by Crippen LogP contribution is 2.22. The van der Waals surface area contributed by atoms with Crippen LogP contribution in [-0.4, -0.2) is 25.9 Å². The molecular formula is C16H17N5O2. The molecule has 0 fully saturated rings. The summed E-state index contributed by atoms with van der Waals surface area (Å²) in [5, 5.41) is 14.7. The quantitative estimate of drug-likeness (QED) is 0.783. The molecule has 1 aromatic carbocycles. The molecule has 23 heavy (non-hydrogen) atoms. The molecule has 1 amide bonds. The first-order valence-electron chi connectivity index (χ1n) is 7.34. The minimum Gasteiger partial charge on any atom is -0.401 e. The number of anilines is 1. The van der Waals surface area contributed by atoms with Gasteiger partial charge in [0.1, 0.15) is 5.69 Å². The first-order chi connectivity index (χ1) is 11.1. The summed E-state index contributed by atoms with van der Waals surface area (Å²) in [5.74, 6) is 0.120. The Bertz CT molecular complexity index is 792. The van der Waals surface area contributed by atoms with E-state index in [1.165, 1.54) is 0 Å². The smallest absolute Gasteiger partial charge is 0.322 e. The fourth-order valence-electron chi connectivity index (χ4n) is 2.22. The maximum Gasteiger partial charge on any atom is 0.322 e. The zero-order valence-electron chi connectivity index (χ0n) is 12.9. The summed E-state index contributed by atoms with van der Waals surface area (Å²) in [6.45, 7) is 4.02. The van der Waals surface area contributed by atoms with Crippen molar-refractivity contribution in [2.45, 2.75) is 26.3 Å². The van der Waals surface area contributed by atoms with Crippen LogP contribution in [0.4, 0.5) is 6.01 Å². The maximum absolute atomic E-state index is 12.0. The molecule has 0 spiro atoms. The van der Waals surface area contributed by atoms with Crippen LogP contribution in [0.25, 0.3) is 11.6 Å². The van der Waals surface area contributed by atoms with Crippen molar-refractivity contribution in [3.63, 3.8) is 0 Å². The molecule has 2 aromatic heterocycles. The van der Waals surface area contributed by atoms with E-state index in [0.717, 1.165) is 11.3 Å². The van der Waals surface area contributed by atoms with Crippen molar-refractivity contribution in [3.8, 4) is 11.6 Å².